The van der Waals surface area contributed by atoms with Gasteiger partial charge in [0.2, 0.25) is 0 Å². The third-order valence-electron chi connectivity index (χ3n) is 3.31. The molecule has 2 fully saturated rings. The average Bonchev–Trinajstić information content (AvgIpc) is 2.71. The summed E-state index contributed by atoms with van der Waals surface area (Å²) < 4.78 is 10.9. The maximum absolute atomic E-state index is 9.68. The summed E-state index contributed by atoms with van der Waals surface area (Å²) >= 11 is 0. The molecule has 0 aliphatic carbocycles. The first-order chi connectivity index (χ1) is 6.33. The highest BCUT2D eigenvalue weighted by atomic mass is 16.5. The fraction of sp³-hybridized carbons (Fsp3) is 1.00. The Morgan fingerprint density at radius 1 is 1.31 bits per heavy atom. The molecule has 2 aliphatic heterocycles. The van der Waals surface area contributed by atoms with Crippen LogP contribution in [-0.2, 0) is 9.47 Å². The molecule has 0 amide bonds. The van der Waals surface area contributed by atoms with E-state index in [1.807, 2.05) is 0 Å². The Bertz CT molecular complexity index is 172. The number of rotatable bonds is 2. The second-order valence-electron chi connectivity index (χ2n) is 4.04. The molecule has 0 aromatic carbocycles. The summed E-state index contributed by atoms with van der Waals surface area (Å²) in [4.78, 5) is 0. The number of ether oxygens (including phenoxy) is 2. The van der Waals surface area contributed by atoms with Crippen molar-refractivity contribution >= 4 is 0 Å². The molecule has 0 aromatic rings. The lowest BCUT2D eigenvalue weighted by molar-refractivity contribution is 0.0447. The molecular weight excluding hydrogens is 168 g/mol. The maximum Gasteiger partial charge on any atom is 0.0827 e. The molecule has 2 aliphatic rings. The number of aliphatic hydroxyl groups excluding tert-OH is 1. The van der Waals surface area contributed by atoms with Gasteiger partial charge in [-0.1, -0.05) is 6.92 Å². The molecule has 2 saturated heterocycles. The lowest BCUT2D eigenvalue weighted by Gasteiger charge is -2.24. The predicted molar refractivity (Wildman–Crippen MR) is 48.5 cm³/mol. The van der Waals surface area contributed by atoms with Crippen molar-refractivity contribution in [2.45, 2.75) is 32.0 Å². The smallest absolute Gasteiger partial charge is 0.0827 e. The van der Waals surface area contributed by atoms with Crippen LogP contribution in [0.15, 0.2) is 0 Å². The van der Waals surface area contributed by atoms with Crippen LogP contribution in [0.2, 0.25) is 0 Å². The number of hydrogen-bond donors (Lipinski definition) is 1. The molecule has 3 heteroatoms. The molecule has 2 rings (SSSR count). The van der Waals surface area contributed by atoms with Crippen LogP contribution in [-0.4, -0.2) is 37.1 Å². The zero-order valence-corrected chi connectivity index (χ0v) is 8.11. The maximum atomic E-state index is 9.68. The van der Waals surface area contributed by atoms with Crippen molar-refractivity contribution in [3.05, 3.63) is 0 Å². The van der Waals surface area contributed by atoms with Gasteiger partial charge in [-0.25, -0.2) is 0 Å². The van der Waals surface area contributed by atoms with E-state index in [0.717, 1.165) is 19.4 Å². The van der Waals surface area contributed by atoms with Crippen LogP contribution in [0.1, 0.15) is 19.8 Å². The Morgan fingerprint density at radius 2 is 2.15 bits per heavy atom. The van der Waals surface area contributed by atoms with Crippen LogP contribution in [0.25, 0.3) is 0 Å². The van der Waals surface area contributed by atoms with Crippen molar-refractivity contribution in [1.29, 1.82) is 0 Å². The van der Waals surface area contributed by atoms with E-state index in [-0.39, 0.29) is 6.10 Å². The highest BCUT2D eigenvalue weighted by Gasteiger charge is 2.40. The van der Waals surface area contributed by atoms with E-state index in [0.29, 0.717) is 31.2 Å². The Kier molecular flexibility index (Phi) is 2.86. The van der Waals surface area contributed by atoms with E-state index >= 15 is 0 Å². The van der Waals surface area contributed by atoms with Crippen molar-refractivity contribution < 1.29 is 14.6 Å². The normalized spacial score (nSPS) is 45.7. The Labute approximate surface area is 79.0 Å². The summed E-state index contributed by atoms with van der Waals surface area (Å²) in [6.07, 6.45) is 2.22. The van der Waals surface area contributed by atoms with Crippen LogP contribution >= 0.6 is 0 Å². The summed E-state index contributed by atoms with van der Waals surface area (Å²) in [6, 6.07) is 0. The average molecular weight is 186 g/mol. The standard InChI is InChI=1S/C10H18O3/c1-2-10-7(3-4-13-10)8-5-12-6-9(8)11/h7-11H,2-6H2,1H3. The molecule has 13 heavy (non-hydrogen) atoms. The summed E-state index contributed by atoms with van der Waals surface area (Å²) in [5.41, 5.74) is 0. The van der Waals surface area contributed by atoms with Gasteiger partial charge in [-0.2, -0.15) is 0 Å². The molecule has 0 aromatic heterocycles. The predicted octanol–water partition coefficient (Wildman–Crippen LogP) is 0.809. The molecule has 0 spiro atoms. The van der Waals surface area contributed by atoms with E-state index in [2.05, 4.69) is 6.92 Å². The van der Waals surface area contributed by atoms with Gasteiger partial charge in [-0.05, 0) is 18.8 Å². The van der Waals surface area contributed by atoms with Gasteiger partial charge < -0.3 is 14.6 Å². The van der Waals surface area contributed by atoms with E-state index in [9.17, 15) is 5.11 Å². The van der Waals surface area contributed by atoms with Gasteiger partial charge in [0.15, 0.2) is 0 Å². The Hall–Kier alpha value is -0.120. The zero-order chi connectivity index (χ0) is 9.26. The van der Waals surface area contributed by atoms with Crippen molar-refractivity contribution in [2.24, 2.45) is 11.8 Å². The minimum Gasteiger partial charge on any atom is -0.390 e. The molecular formula is C10H18O3. The van der Waals surface area contributed by atoms with E-state index < -0.39 is 0 Å². The van der Waals surface area contributed by atoms with Crippen molar-refractivity contribution in [3.63, 3.8) is 0 Å². The molecule has 2 heterocycles. The van der Waals surface area contributed by atoms with E-state index in [1.165, 1.54) is 0 Å². The summed E-state index contributed by atoms with van der Waals surface area (Å²) in [6.45, 7) is 4.22. The first-order valence-electron chi connectivity index (χ1n) is 5.20. The third kappa shape index (κ3) is 1.73. The van der Waals surface area contributed by atoms with Gasteiger partial charge in [0, 0.05) is 12.5 Å². The van der Waals surface area contributed by atoms with Crippen LogP contribution in [0.5, 0.6) is 0 Å². The minimum absolute atomic E-state index is 0.263. The van der Waals surface area contributed by atoms with Crippen molar-refractivity contribution in [2.75, 3.05) is 19.8 Å². The molecule has 76 valence electrons. The zero-order valence-electron chi connectivity index (χ0n) is 8.11. The second-order valence-corrected chi connectivity index (χ2v) is 4.04. The van der Waals surface area contributed by atoms with Gasteiger partial charge in [0.05, 0.1) is 25.4 Å². The molecule has 0 radical (unpaired) electrons. The highest BCUT2D eigenvalue weighted by Crippen LogP contribution is 2.34. The lowest BCUT2D eigenvalue weighted by Crippen LogP contribution is -2.31. The van der Waals surface area contributed by atoms with Gasteiger partial charge in [-0.15, -0.1) is 0 Å². The fourth-order valence-electron chi connectivity index (χ4n) is 2.54. The molecule has 4 unspecified atom stereocenters. The monoisotopic (exact) mass is 186 g/mol. The van der Waals surface area contributed by atoms with Gasteiger partial charge >= 0.3 is 0 Å². The SMILES string of the molecule is CCC1OCCC1C1COCC1O. The highest BCUT2D eigenvalue weighted by molar-refractivity contribution is 4.87. The van der Waals surface area contributed by atoms with E-state index in [1.54, 1.807) is 0 Å². The fourth-order valence-corrected chi connectivity index (χ4v) is 2.54. The first-order valence-corrected chi connectivity index (χ1v) is 5.20. The molecule has 4 atom stereocenters. The molecule has 0 saturated carbocycles. The number of aliphatic hydroxyl groups is 1. The third-order valence-corrected chi connectivity index (χ3v) is 3.31. The van der Waals surface area contributed by atoms with Crippen LogP contribution < -0.4 is 0 Å². The van der Waals surface area contributed by atoms with Gasteiger partial charge in [-0.3, -0.25) is 0 Å². The first kappa shape index (κ1) is 9.44. The molecule has 3 nitrogen and oxygen atoms in total. The number of hydrogen-bond acceptors (Lipinski definition) is 3. The summed E-state index contributed by atoms with van der Waals surface area (Å²) in [5.74, 6) is 0.829. The Balaban J connectivity index is 1.98. The van der Waals surface area contributed by atoms with Crippen LogP contribution in [0.3, 0.4) is 0 Å². The molecule has 0 bridgehead atoms. The van der Waals surface area contributed by atoms with Crippen molar-refractivity contribution in [1.82, 2.24) is 0 Å². The quantitative estimate of drug-likeness (QED) is 0.693. The summed E-state index contributed by atoms with van der Waals surface area (Å²) in [5, 5.41) is 9.68. The topological polar surface area (TPSA) is 38.7 Å². The largest absolute Gasteiger partial charge is 0.390 e. The minimum atomic E-state index is -0.263. The molecule has 1 N–H and O–H groups in total. The van der Waals surface area contributed by atoms with Crippen LogP contribution in [0.4, 0.5) is 0 Å². The second kappa shape index (κ2) is 3.95. The summed E-state index contributed by atoms with van der Waals surface area (Å²) in [7, 11) is 0. The van der Waals surface area contributed by atoms with Crippen molar-refractivity contribution in [3.8, 4) is 0 Å². The lowest BCUT2D eigenvalue weighted by atomic mass is 9.84. The van der Waals surface area contributed by atoms with Gasteiger partial charge in [0.25, 0.3) is 0 Å². The Morgan fingerprint density at radius 3 is 2.77 bits per heavy atom. The van der Waals surface area contributed by atoms with Gasteiger partial charge in [0.1, 0.15) is 0 Å². The van der Waals surface area contributed by atoms with Crippen LogP contribution in [0, 0.1) is 11.8 Å². The van der Waals surface area contributed by atoms with E-state index in [4.69, 9.17) is 9.47 Å².